The number of aliphatic imine (C=N–C) groups is 1. The zero-order valence-electron chi connectivity index (χ0n) is 19.3. The second kappa shape index (κ2) is 10.2. The van der Waals surface area contributed by atoms with Crippen LogP contribution in [0.4, 0.5) is 11.4 Å². The van der Waals surface area contributed by atoms with Crippen LogP contribution in [0.1, 0.15) is 24.0 Å². The molecule has 0 aliphatic carbocycles. The molecule has 1 unspecified atom stereocenters. The van der Waals surface area contributed by atoms with Gasteiger partial charge in [0.25, 0.3) is 0 Å². The summed E-state index contributed by atoms with van der Waals surface area (Å²) in [6.07, 6.45) is 0. The van der Waals surface area contributed by atoms with E-state index in [1.54, 1.807) is 19.1 Å². The molecule has 4 rings (SSSR count). The largest absolute Gasteiger partial charge is 0.465 e. The minimum Gasteiger partial charge on any atom is -0.465 e. The number of esters is 1. The molecule has 3 aromatic carbocycles. The van der Waals surface area contributed by atoms with Gasteiger partial charge in [0.2, 0.25) is 15.9 Å². The number of hydrogen-bond acceptors (Lipinski definition) is 6. The van der Waals surface area contributed by atoms with E-state index in [4.69, 9.17) is 9.73 Å². The first-order valence-corrected chi connectivity index (χ1v) is 12.5. The van der Waals surface area contributed by atoms with Gasteiger partial charge in [0, 0.05) is 12.7 Å². The van der Waals surface area contributed by atoms with E-state index in [2.05, 4.69) is 5.32 Å². The fourth-order valence-electron chi connectivity index (χ4n) is 3.87. The number of fused-ring (bicyclic) bond motifs is 1. The van der Waals surface area contributed by atoms with Crippen LogP contribution in [0, 0.1) is 0 Å². The van der Waals surface area contributed by atoms with Crippen molar-refractivity contribution < 1.29 is 22.7 Å². The molecule has 1 heterocycles. The molecule has 0 saturated carbocycles. The Labute approximate surface area is 204 Å². The lowest BCUT2D eigenvalue weighted by atomic mass is 9.90. The molecule has 1 aliphatic heterocycles. The number of nitrogens with zero attached hydrogens (tertiary/aromatic N) is 2. The number of anilines is 1. The van der Waals surface area contributed by atoms with Gasteiger partial charge in [0.05, 0.1) is 22.9 Å². The molecule has 0 bridgehead atoms. The van der Waals surface area contributed by atoms with Crippen LogP contribution in [0.15, 0.2) is 88.8 Å². The molecule has 180 valence electrons. The van der Waals surface area contributed by atoms with Crippen LogP contribution in [0.3, 0.4) is 0 Å². The molecule has 1 atom stereocenters. The van der Waals surface area contributed by atoms with Gasteiger partial charge in [-0.05, 0) is 48.4 Å². The Balaban J connectivity index is 1.68. The molecule has 9 heteroatoms. The van der Waals surface area contributed by atoms with Gasteiger partial charge in [-0.1, -0.05) is 48.5 Å². The number of carbonyl (C=O) groups is 2. The van der Waals surface area contributed by atoms with Crippen molar-refractivity contribution in [3.05, 3.63) is 90.0 Å². The van der Waals surface area contributed by atoms with Crippen LogP contribution in [0.5, 0.6) is 0 Å². The Bertz CT molecular complexity index is 1370. The fourth-order valence-corrected chi connectivity index (χ4v) is 4.99. The lowest BCUT2D eigenvalue weighted by Crippen LogP contribution is -2.33. The number of benzene rings is 3. The molecule has 35 heavy (non-hydrogen) atoms. The van der Waals surface area contributed by atoms with Crippen LogP contribution in [-0.2, 0) is 24.3 Å². The lowest BCUT2D eigenvalue weighted by Gasteiger charge is -2.16. The number of amides is 1. The maximum atomic E-state index is 12.9. The monoisotopic (exact) mass is 491 g/mol. The van der Waals surface area contributed by atoms with Gasteiger partial charge in [0.15, 0.2) is 0 Å². The van der Waals surface area contributed by atoms with Crippen LogP contribution in [0.2, 0.25) is 0 Å². The molecule has 0 spiro atoms. The second-order valence-corrected chi connectivity index (χ2v) is 9.98. The van der Waals surface area contributed by atoms with E-state index >= 15 is 0 Å². The summed E-state index contributed by atoms with van der Waals surface area (Å²) in [7, 11) is -2.57. The summed E-state index contributed by atoms with van der Waals surface area (Å²) in [5.41, 5.74) is 3.42. The van der Waals surface area contributed by atoms with E-state index < -0.39 is 21.9 Å². The molecule has 0 fully saturated rings. The highest BCUT2D eigenvalue weighted by Crippen LogP contribution is 2.36. The summed E-state index contributed by atoms with van der Waals surface area (Å²) < 4.78 is 31.5. The molecule has 0 aromatic heterocycles. The highest BCUT2D eigenvalue weighted by Gasteiger charge is 2.35. The molecule has 3 aromatic rings. The summed E-state index contributed by atoms with van der Waals surface area (Å²) >= 11 is 0. The van der Waals surface area contributed by atoms with Gasteiger partial charge < -0.3 is 10.1 Å². The summed E-state index contributed by atoms with van der Waals surface area (Å²) in [5, 5.41) is 2.91. The average molecular weight is 492 g/mol. The first-order chi connectivity index (χ1) is 16.8. The van der Waals surface area contributed by atoms with Gasteiger partial charge in [-0.25, -0.2) is 8.42 Å². The van der Waals surface area contributed by atoms with E-state index in [0.717, 1.165) is 21.1 Å². The van der Waals surface area contributed by atoms with Gasteiger partial charge in [0.1, 0.15) is 12.5 Å². The summed E-state index contributed by atoms with van der Waals surface area (Å²) in [4.78, 5) is 29.4. The molecule has 1 aliphatic rings. The van der Waals surface area contributed by atoms with E-state index in [1.165, 1.54) is 19.2 Å². The second-order valence-electron chi connectivity index (χ2n) is 7.93. The minimum atomic E-state index is -3.89. The minimum absolute atomic E-state index is 0.0217. The number of rotatable bonds is 8. The van der Waals surface area contributed by atoms with E-state index in [1.807, 2.05) is 54.6 Å². The van der Waals surface area contributed by atoms with Gasteiger partial charge in [-0.2, -0.15) is 4.31 Å². The Morgan fingerprint density at radius 3 is 2.34 bits per heavy atom. The van der Waals surface area contributed by atoms with E-state index in [9.17, 15) is 18.0 Å². The number of para-hydroxylation sites is 1. The van der Waals surface area contributed by atoms with Crippen LogP contribution >= 0.6 is 0 Å². The number of ether oxygens (including phenoxy) is 1. The van der Waals surface area contributed by atoms with Crippen molar-refractivity contribution in [1.82, 2.24) is 4.31 Å². The predicted octanol–water partition coefficient (Wildman–Crippen LogP) is 3.73. The summed E-state index contributed by atoms with van der Waals surface area (Å²) in [6, 6.07) is 22.9. The van der Waals surface area contributed by atoms with Crippen molar-refractivity contribution in [1.29, 1.82) is 0 Å². The Morgan fingerprint density at radius 2 is 1.66 bits per heavy atom. The van der Waals surface area contributed by atoms with Crippen LogP contribution < -0.4 is 5.32 Å². The molecule has 0 saturated heterocycles. The third kappa shape index (κ3) is 5.16. The van der Waals surface area contributed by atoms with Crippen LogP contribution in [-0.4, -0.2) is 50.5 Å². The molecular weight excluding hydrogens is 466 g/mol. The highest BCUT2D eigenvalue weighted by molar-refractivity contribution is 7.89. The van der Waals surface area contributed by atoms with Crippen LogP contribution in [0.25, 0.3) is 0 Å². The quantitative estimate of drug-likeness (QED) is 0.382. The van der Waals surface area contributed by atoms with Crippen molar-refractivity contribution in [2.45, 2.75) is 17.7 Å². The number of sulfonamides is 1. The maximum Gasteiger partial charge on any atom is 0.321 e. The number of likely N-dealkylation sites (N-methyl/N-ethyl adjacent to an activating group) is 1. The molecule has 1 N–H and O–H groups in total. The Kier molecular flexibility index (Phi) is 7.09. The Hall–Kier alpha value is -3.82. The fraction of sp³-hybridized carbons (Fsp3) is 0.192. The number of nitrogens with one attached hydrogen (secondary N) is 1. The third-order valence-corrected chi connectivity index (χ3v) is 7.40. The predicted molar refractivity (Wildman–Crippen MR) is 133 cm³/mol. The standard InChI is InChI=1S/C26H25N3O5S/c1-3-34-23(30)17-29(2)35(32,33)20-15-13-19(14-16-20)27-25(18-9-5-4-6-10-18)24-21-11-7-8-12-22(21)28-26(24)31/h4-16,24H,3,17H2,1-2H3,(H,28,31). The highest BCUT2D eigenvalue weighted by atomic mass is 32.2. The molecule has 8 nitrogen and oxygen atoms in total. The SMILES string of the molecule is CCOC(=O)CN(C)S(=O)(=O)c1ccc(N=C(c2ccccc2)C2C(=O)Nc3ccccc32)cc1. The average Bonchev–Trinajstić information content (AvgIpc) is 3.19. The molecule has 0 radical (unpaired) electrons. The van der Waals surface area contributed by atoms with Crippen molar-refractivity contribution in [2.24, 2.45) is 4.99 Å². The first kappa shape index (κ1) is 24.3. The smallest absolute Gasteiger partial charge is 0.321 e. The van der Waals surface area contributed by atoms with Crippen molar-refractivity contribution in [2.75, 3.05) is 25.5 Å². The normalized spacial score (nSPS) is 15.6. The van der Waals surface area contributed by atoms with E-state index in [-0.39, 0.29) is 24.0 Å². The lowest BCUT2D eigenvalue weighted by molar-refractivity contribution is -0.143. The third-order valence-electron chi connectivity index (χ3n) is 5.59. The summed E-state index contributed by atoms with van der Waals surface area (Å²) in [6.45, 7) is 1.44. The van der Waals surface area contributed by atoms with Crippen molar-refractivity contribution >= 4 is 39.0 Å². The molecule has 1 amide bonds. The number of hydrogen-bond donors (Lipinski definition) is 1. The van der Waals surface area contributed by atoms with Crippen molar-refractivity contribution in [3.8, 4) is 0 Å². The first-order valence-electron chi connectivity index (χ1n) is 11.1. The van der Waals surface area contributed by atoms with Gasteiger partial charge in [-0.3, -0.25) is 14.6 Å². The topological polar surface area (TPSA) is 105 Å². The summed E-state index contributed by atoms with van der Waals surface area (Å²) in [5.74, 6) is -1.40. The Morgan fingerprint density at radius 1 is 1.00 bits per heavy atom. The molecular formula is C26H25N3O5S. The zero-order chi connectivity index (χ0) is 25.0. The van der Waals surface area contributed by atoms with Gasteiger partial charge >= 0.3 is 5.97 Å². The maximum absolute atomic E-state index is 12.9. The van der Waals surface area contributed by atoms with E-state index in [0.29, 0.717) is 11.4 Å². The number of carbonyl (C=O) groups excluding carboxylic acids is 2. The zero-order valence-corrected chi connectivity index (χ0v) is 20.2. The van der Waals surface area contributed by atoms with Gasteiger partial charge in [-0.15, -0.1) is 0 Å². The van der Waals surface area contributed by atoms with Crippen molar-refractivity contribution in [3.63, 3.8) is 0 Å².